The number of hydrogen-bond donors (Lipinski definition) is 2. The lowest BCUT2D eigenvalue weighted by molar-refractivity contribution is -0.114. The van der Waals surface area contributed by atoms with Gasteiger partial charge in [-0.1, -0.05) is 34.1 Å². The third-order valence-electron chi connectivity index (χ3n) is 4.37. The van der Waals surface area contributed by atoms with Crippen LogP contribution in [0.4, 0.5) is 5.69 Å². The molecule has 0 radical (unpaired) electrons. The van der Waals surface area contributed by atoms with Crippen LogP contribution < -0.4 is 5.32 Å². The van der Waals surface area contributed by atoms with Crippen molar-refractivity contribution in [1.29, 1.82) is 0 Å². The highest BCUT2D eigenvalue weighted by molar-refractivity contribution is 9.10. The van der Waals surface area contributed by atoms with Crippen molar-refractivity contribution in [2.75, 3.05) is 26.0 Å². The molecule has 0 aliphatic heterocycles. The van der Waals surface area contributed by atoms with Crippen LogP contribution in [0.5, 0.6) is 5.75 Å². The van der Waals surface area contributed by atoms with E-state index >= 15 is 0 Å². The molecule has 0 saturated carbocycles. The largest absolute Gasteiger partial charge is 0.508 e. The van der Waals surface area contributed by atoms with Gasteiger partial charge in [0.25, 0.3) is 0 Å². The monoisotopic (exact) mass is 469 g/mol. The number of aromatic hydroxyl groups is 1. The van der Waals surface area contributed by atoms with E-state index in [0.29, 0.717) is 11.6 Å². The number of aromatic nitrogens is 1. The molecule has 0 aliphatic carbocycles. The summed E-state index contributed by atoms with van der Waals surface area (Å²) in [6.45, 7) is 2.49. The van der Waals surface area contributed by atoms with Crippen molar-refractivity contribution in [3.05, 3.63) is 88.7 Å². The Labute approximate surface area is 186 Å². The van der Waals surface area contributed by atoms with Gasteiger partial charge >= 0.3 is 0 Å². The van der Waals surface area contributed by atoms with Gasteiger partial charge in [-0.25, -0.2) is 0 Å². The van der Waals surface area contributed by atoms with Gasteiger partial charge in [-0.15, -0.1) is 0 Å². The van der Waals surface area contributed by atoms with Crippen molar-refractivity contribution >= 4 is 27.5 Å². The van der Waals surface area contributed by atoms with Crippen LogP contribution in [0.1, 0.15) is 30.5 Å². The van der Waals surface area contributed by atoms with Crippen molar-refractivity contribution in [3.8, 4) is 5.75 Å². The Morgan fingerprint density at radius 2 is 1.73 bits per heavy atom. The van der Waals surface area contributed by atoms with Gasteiger partial charge in [-0.2, -0.15) is 0 Å². The fourth-order valence-corrected chi connectivity index (χ4v) is 3.16. The highest BCUT2D eigenvalue weighted by Crippen LogP contribution is 2.27. The number of nitrogens with one attached hydrogen (secondary N) is 1. The highest BCUT2D eigenvalue weighted by Gasteiger charge is 2.15. The van der Waals surface area contributed by atoms with E-state index in [1.54, 1.807) is 12.1 Å². The molecule has 3 rings (SSSR count). The van der Waals surface area contributed by atoms with E-state index in [4.69, 9.17) is 5.11 Å². The first-order chi connectivity index (χ1) is 14.3. The maximum Gasteiger partial charge on any atom is 0.221 e. The van der Waals surface area contributed by atoms with Crippen LogP contribution in [0.25, 0.3) is 0 Å². The molecule has 1 aromatic heterocycles. The number of rotatable bonds is 6. The molecule has 1 amide bonds. The van der Waals surface area contributed by atoms with Crippen LogP contribution in [-0.4, -0.2) is 41.5 Å². The Balaban J connectivity index is 0.000000248. The van der Waals surface area contributed by atoms with Crippen molar-refractivity contribution in [2.24, 2.45) is 0 Å². The van der Waals surface area contributed by atoms with Crippen molar-refractivity contribution < 1.29 is 9.90 Å². The lowest BCUT2D eigenvalue weighted by Gasteiger charge is -2.19. The Bertz CT molecular complexity index is 898. The molecule has 30 heavy (non-hydrogen) atoms. The average Bonchev–Trinajstić information content (AvgIpc) is 2.72. The molecule has 2 aromatic carbocycles. The highest BCUT2D eigenvalue weighted by atomic mass is 79.9. The first-order valence-electron chi connectivity index (χ1n) is 9.73. The van der Waals surface area contributed by atoms with Crippen molar-refractivity contribution in [3.63, 3.8) is 0 Å². The second-order valence-electron chi connectivity index (χ2n) is 7.18. The normalized spacial score (nSPS) is 11.4. The fourth-order valence-electron chi connectivity index (χ4n) is 2.90. The maximum absolute atomic E-state index is 10.5. The zero-order valence-corrected chi connectivity index (χ0v) is 19.1. The van der Waals surface area contributed by atoms with E-state index in [0.717, 1.165) is 23.1 Å². The Hall–Kier alpha value is -2.70. The van der Waals surface area contributed by atoms with Gasteiger partial charge in [0, 0.05) is 34.9 Å². The van der Waals surface area contributed by atoms with E-state index < -0.39 is 0 Å². The maximum atomic E-state index is 10.5. The van der Waals surface area contributed by atoms with Gasteiger partial charge in [-0.3, -0.25) is 9.78 Å². The van der Waals surface area contributed by atoms with Gasteiger partial charge in [-0.05, 0) is 81.2 Å². The molecule has 0 bridgehead atoms. The Kier molecular flexibility index (Phi) is 9.51. The lowest BCUT2D eigenvalue weighted by Crippen LogP contribution is -2.17. The zero-order chi connectivity index (χ0) is 21.9. The molecule has 3 aromatic rings. The average molecular weight is 470 g/mol. The van der Waals surface area contributed by atoms with Crippen LogP contribution in [0.2, 0.25) is 0 Å². The van der Waals surface area contributed by atoms with E-state index in [1.165, 1.54) is 24.6 Å². The molecule has 0 saturated heterocycles. The summed E-state index contributed by atoms with van der Waals surface area (Å²) in [6.07, 6.45) is 2.95. The minimum Gasteiger partial charge on any atom is -0.508 e. The standard InChI is InChI=1S/C16H19BrN2.C8H9NO2/c1-19(2)12-10-15(16-5-3-4-11-18-16)13-6-8-14(17)9-7-13;1-6(10)9-7-2-4-8(11)5-3-7/h3-9,11,15H,10,12H2,1-2H3;2-5,11H,1H3,(H,9,10). The second-order valence-corrected chi connectivity index (χ2v) is 8.09. The summed E-state index contributed by atoms with van der Waals surface area (Å²) in [5, 5.41) is 11.5. The number of nitrogens with zero attached hydrogens (tertiary/aromatic N) is 2. The molecule has 158 valence electrons. The molecule has 1 heterocycles. The molecule has 2 N–H and O–H groups in total. The molecular weight excluding hydrogens is 442 g/mol. The lowest BCUT2D eigenvalue weighted by atomic mass is 9.92. The number of halogens is 1. The van der Waals surface area contributed by atoms with E-state index in [-0.39, 0.29) is 11.7 Å². The molecule has 0 fully saturated rings. The molecular formula is C24H28BrN3O2. The number of carbonyl (C=O) groups excluding carboxylic acids is 1. The molecule has 1 unspecified atom stereocenters. The number of hydrogen-bond acceptors (Lipinski definition) is 4. The number of phenolic OH excluding ortho intramolecular Hbond substituents is 1. The number of anilines is 1. The van der Waals surface area contributed by atoms with Gasteiger partial charge in [0.15, 0.2) is 0 Å². The second kappa shape index (κ2) is 12.1. The first kappa shape index (κ1) is 23.6. The van der Waals surface area contributed by atoms with Gasteiger partial charge in [0.05, 0.1) is 0 Å². The number of phenols is 1. The Morgan fingerprint density at radius 1 is 1.07 bits per heavy atom. The summed E-state index contributed by atoms with van der Waals surface area (Å²) < 4.78 is 1.11. The third kappa shape index (κ3) is 8.35. The van der Waals surface area contributed by atoms with Gasteiger partial charge in [0.2, 0.25) is 5.91 Å². The summed E-state index contributed by atoms with van der Waals surface area (Å²) in [4.78, 5) is 17.3. The number of pyridine rings is 1. The SMILES string of the molecule is CC(=O)Nc1ccc(O)cc1.CN(C)CCC(c1ccc(Br)cc1)c1ccccn1. The summed E-state index contributed by atoms with van der Waals surface area (Å²) in [6, 6.07) is 21.0. The third-order valence-corrected chi connectivity index (χ3v) is 4.90. The van der Waals surface area contributed by atoms with E-state index in [2.05, 4.69) is 81.6 Å². The summed E-state index contributed by atoms with van der Waals surface area (Å²) in [7, 11) is 4.22. The van der Waals surface area contributed by atoms with Crippen LogP contribution in [0.3, 0.4) is 0 Å². The van der Waals surface area contributed by atoms with E-state index in [1.807, 2.05) is 12.3 Å². The van der Waals surface area contributed by atoms with Crippen LogP contribution in [-0.2, 0) is 4.79 Å². The van der Waals surface area contributed by atoms with Crippen LogP contribution >= 0.6 is 15.9 Å². The Morgan fingerprint density at radius 3 is 2.27 bits per heavy atom. The molecule has 6 heteroatoms. The quantitative estimate of drug-likeness (QED) is 0.482. The predicted octanol–water partition coefficient (Wildman–Crippen LogP) is 5.28. The fraction of sp³-hybridized carbons (Fsp3) is 0.250. The minimum atomic E-state index is -0.115. The molecule has 0 aliphatic rings. The topological polar surface area (TPSA) is 65.5 Å². The molecule has 0 spiro atoms. The first-order valence-corrected chi connectivity index (χ1v) is 10.5. The summed E-state index contributed by atoms with van der Waals surface area (Å²) in [5.41, 5.74) is 3.16. The van der Waals surface area contributed by atoms with E-state index in [9.17, 15) is 4.79 Å². The molecule has 5 nitrogen and oxygen atoms in total. The smallest absolute Gasteiger partial charge is 0.221 e. The van der Waals surface area contributed by atoms with Gasteiger partial charge < -0.3 is 15.3 Å². The summed E-state index contributed by atoms with van der Waals surface area (Å²) in [5.74, 6) is 0.437. The number of amides is 1. The predicted molar refractivity (Wildman–Crippen MR) is 126 cm³/mol. The van der Waals surface area contributed by atoms with Gasteiger partial charge in [0.1, 0.15) is 5.75 Å². The van der Waals surface area contributed by atoms with Crippen LogP contribution in [0, 0.1) is 0 Å². The summed E-state index contributed by atoms with van der Waals surface area (Å²) >= 11 is 3.49. The van der Waals surface area contributed by atoms with Crippen molar-refractivity contribution in [2.45, 2.75) is 19.3 Å². The molecule has 1 atom stereocenters. The number of carbonyl (C=O) groups is 1. The van der Waals surface area contributed by atoms with Crippen molar-refractivity contribution in [1.82, 2.24) is 9.88 Å². The zero-order valence-electron chi connectivity index (χ0n) is 17.5. The minimum absolute atomic E-state index is 0.115. The van der Waals surface area contributed by atoms with Crippen LogP contribution in [0.15, 0.2) is 77.4 Å². The number of benzene rings is 2.